The van der Waals surface area contributed by atoms with Gasteiger partial charge in [-0.05, 0) is 27.4 Å². The minimum absolute atomic E-state index is 0.334. The van der Waals surface area contributed by atoms with E-state index in [1.54, 1.807) is 11.4 Å². The van der Waals surface area contributed by atoms with Crippen LogP contribution in [0.1, 0.15) is 0 Å². The normalized spacial score (nSPS) is 20.1. The summed E-state index contributed by atoms with van der Waals surface area (Å²) in [6.07, 6.45) is 0. The Balaban J connectivity index is 2.27. The predicted molar refractivity (Wildman–Crippen MR) is 68.7 cm³/mol. The number of rotatable bonds is 2. The van der Waals surface area contributed by atoms with Gasteiger partial charge in [0.05, 0.1) is 0 Å². The van der Waals surface area contributed by atoms with E-state index in [2.05, 4.69) is 15.9 Å². The molecule has 4 nitrogen and oxygen atoms in total. The molecule has 0 aliphatic carbocycles. The summed E-state index contributed by atoms with van der Waals surface area (Å²) in [5.41, 5.74) is 0. The van der Waals surface area contributed by atoms with E-state index >= 15 is 0 Å². The highest BCUT2D eigenvalue weighted by Crippen LogP contribution is 2.30. The maximum absolute atomic E-state index is 12.2. The molecule has 90 valence electrons. The van der Waals surface area contributed by atoms with Crippen molar-refractivity contribution in [3.05, 3.63) is 15.9 Å². The van der Waals surface area contributed by atoms with E-state index in [0.29, 0.717) is 33.3 Å². The molecule has 0 unspecified atom stereocenters. The van der Waals surface area contributed by atoms with E-state index in [0.717, 1.165) is 0 Å². The molecule has 1 saturated heterocycles. The molecule has 0 amide bonds. The lowest BCUT2D eigenvalue weighted by Gasteiger charge is -2.24. The van der Waals surface area contributed by atoms with Crippen molar-refractivity contribution in [2.45, 2.75) is 4.21 Å². The SMILES string of the molecule is O=S1CCN(S(=O)(=O)c2sccc2Br)CC1. The van der Waals surface area contributed by atoms with Crippen LogP contribution in [-0.4, -0.2) is 41.5 Å². The topological polar surface area (TPSA) is 54.5 Å². The zero-order chi connectivity index (χ0) is 11.8. The molecule has 0 aromatic carbocycles. The molecule has 1 aromatic heterocycles. The van der Waals surface area contributed by atoms with E-state index < -0.39 is 20.8 Å². The fraction of sp³-hybridized carbons (Fsp3) is 0.500. The second kappa shape index (κ2) is 4.85. The number of nitrogens with zero attached hydrogens (tertiary/aromatic N) is 1. The molecule has 0 spiro atoms. The fourth-order valence-corrected chi connectivity index (χ4v) is 6.62. The Morgan fingerprint density at radius 1 is 1.38 bits per heavy atom. The molecular weight excluding hydrogens is 334 g/mol. The molecular formula is C8H10BrNO3S3. The monoisotopic (exact) mass is 343 g/mol. The van der Waals surface area contributed by atoms with Crippen molar-refractivity contribution < 1.29 is 12.6 Å². The molecule has 0 saturated carbocycles. The van der Waals surface area contributed by atoms with Crippen LogP contribution in [-0.2, 0) is 20.8 Å². The van der Waals surface area contributed by atoms with Crippen LogP contribution in [0.2, 0.25) is 0 Å². The van der Waals surface area contributed by atoms with E-state index in [4.69, 9.17) is 0 Å². The number of hydrogen-bond donors (Lipinski definition) is 0. The van der Waals surface area contributed by atoms with Gasteiger partial charge in [-0.2, -0.15) is 4.31 Å². The lowest BCUT2D eigenvalue weighted by Crippen LogP contribution is -2.41. The smallest absolute Gasteiger partial charge is 0.253 e. The first-order chi connectivity index (χ1) is 7.51. The summed E-state index contributed by atoms with van der Waals surface area (Å²) in [4.78, 5) is 0. The van der Waals surface area contributed by atoms with Crippen molar-refractivity contribution in [1.29, 1.82) is 0 Å². The molecule has 0 N–H and O–H groups in total. The Bertz CT molecular complexity index is 500. The van der Waals surface area contributed by atoms with Gasteiger partial charge in [0, 0.05) is 39.9 Å². The number of halogens is 1. The molecule has 1 aliphatic rings. The average Bonchev–Trinajstić information content (AvgIpc) is 2.66. The van der Waals surface area contributed by atoms with Crippen LogP contribution in [0.3, 0.4) is 0 Å². The summed E-state index contributed by atoms with van der Waals surface area (Å²) in [5.74, 6) is 0.866. The van der Waals surface area contributed by atoms with Gasteiger partial charge in [-0.15, -0.1) is 11.3 Å². The largest absolute Gasteiger partial charge is 0.259 e. The molecule has 2 heterocycles. The molecule has 16 heavy (non-hydrogen) atoms. The Morgan fingerprint density at radius 3 is 2.50 bits per heavy atom. The molecule has 2 rings (SSSR count). The van der Waals surface area contributed by atoms with Crippen LogP contribution >= 0.6 is 27.3 Å². The molecule has 1 fully saturated rings. The first-order valence-corrected chi connectivity index (χ1v) is 9.20. The van der Waals surface area contributed by atoms with Gasteiger partial charge in [0.1, 0.15) is 4.21 Å². The zero-order valence-electron chi connectivity index (χ0n) is 8.26. The number of hydrogen-bond acceptors (Lipinski definition) is 4. The van der Waals surface area contributed by atoms with Crippen molar-refractivity contribution >= 4 is 48.1 Å². The fourth-order valence-electron chi connectivity index (χ4n) is 1.44. The summed E-state index contributed by atoms with van der Waals surface area (Å²) < 4.78 is 37.9. The number of sulfonamides is 1. The maximum Gasteiger partial charge on any atom is 0.253 e. The first-order valence-electron chi connectivity index (χ1n) is 4.60. The highest BCUT2D eigenvalue weighted by atomic mass is 79.9. The Kier molecular flexibility index (Phi) is 3.85. The third-order valence-corrected chi connectivity index (χ3v) is 8.12. The minimum Gasteiger partial charge on any atom is -0.259 e. The second-order valence-electron chi connectivity index (χ2n) is 3.31. The lowest BCUT2D eigenvalue weighted by atomic mass is 10.6. The van der Waals surface area contributed by atoms with Crippen molar-refractivity contribution in [2.24, 2.45) is 0 Å². The first kappa shape index (κ1) is 12.7. The third kappa shape index (κ3) is 2.40. The molecule has 0 atom stereocenters. The highest BCUT2D eigenvalue weighted by molar-refractivity contribution is 9.10. The summed E-state index contributed by atoms with van der Waals surface area (Å²) in [6.45, 7) is 0.693. The van der Waals surface area contributed by atoms with Crippen LogP contribution in [0, 0.1) is 0 Å². The van der Waals surface area contributed by atoms with Gasteiger partial charge >= 0.3 is 0 Å². The summed E-state index contributed by atoms with van der Waals surface area (Å²) in [6, 6.07) is 1.72. The van der Waals surface area contributed by atoms with Crippen molar-refractivity contribution in [3.63, 3.8) is 0 Å². The van der Waals surface area contributed by atoms with Gasteiger partial charge in [0.15, 0.2) is 0 Å². The van der Waals surface area contributed by atoms with E-state index in [9.17, 15) is 12.6 Å². The van der Waals surface area contributed by atoms with Crippen molar-refractivity contribution in [3.8, 4) is 0 Å². The summed E-state index contributed by atoms with van der Waals surface area (Å²) >= 11 is 4.42. The third-order valence-electron chi connectivity index (χ3n) is 2.30. The van der Waals surface area contributed by atoms with Crippen molar-refractivity contribution in [2.75, 3.05) is 24.6 Å². The molecule has 1 aromatic rings. The van der Waals surface area contributed by atoms with Gasteiger partial charge in [-0.25, -0.2) is 8.42 Å². The van der Waals surface area contributed by atoms with E-state index in [-0.39, 0.29) is 0 Å². The number of thiophene rings is 1. The zero-order valence-corrected chi connectivity index (χ0v) is 12.3. The van der Waals surface area contributed by atoms with E-state index in [1.807, 2.05) is 0 Å². The Labute approximate surface area is 109 Å². The minimum atomic E-state index is -3.40. The molecule has 8 heteroatoms. The van der Waals surface area contributed by atoms with Gasteiger partial charge in [-0.3, -0.25) is 4.21 Å². The summed E-state index contributed by atoms with van der Waals surface area (Å²) in [7, 11) is -4.26. The standard InChI is InChI=1S/C8H10BrNO3S3/c9-7-1-4-14-8(7)16(12,13)10-2-5-15(11)6-3-10/h1,4H,2-3,5-6H2. The summed E-state index contributed by atoms with van der Waals surface area (Å²) in [5, 5.41) is 1.74. The predicted octanol–water partition coefficient (Wildman–Crippen LogP) is 1.26. The quantitative estimate of drug-likeness (QED) is 0.812. The van der Waals surface area contributed by atoms with Crippen LogP contribution < -0.4 is 0 Å². The average molecular weight is 344 g/mol. The van der Waals surface area contributed by atoms with Crippen LogP contribution in [0.4, 0.5) is 0 Å². The Hall–Kier alpha value is 0.240. The molecule has 0 bridgehead atoms. The maximum atomic E-state index is 12.2. The van der Waals surface area contributed by atoms with Gasteiger partial charge in [-0.1, -0.05) is 0 Å². The van der Waals surface area contributed by atoms with Gasteiger partial charge in [0.25, 0.3) is 10.0 Å². The van der Waals surface area contributed by atoms with Crippen LogP contribution in [0.25, 0.3) is 0 Å². The van der Waals surface area contributed by atoms with Crippen LogP contribution in [0.5, 0.6) is 0 Å². The lowest BCUT2D eigenvalue weighted by molar-refractivity contribution is 0.440. The Morgan fingerprint density at radius 2 is 2.00 bits per heavy atom. The second-order valence-corrected chi connectivity index (χ2v) is 8.91. The van der Waals surface area contributed by atoms with Gasteiger partial charge < -0.3 is 0 Å². The van der Waals surface area contributed by atoms with Crippen molar-refractivity contribution in [1.82, 2.24) is 4.31 Å². The molecule has 1 aliphatic heterocycles. The van der Waals surface area contributed by atoms with Gasteiger partial charge in [0.2, 0.25) is 0 Å². The molecule has 0 radical (unpaired) electrons. The van der Waals surface area contributed by atoms with E-state index in [1.165, 1.54) is 15.6 Å². The van der Waals surface area contributed by atoms with Crippen LogP contribution in [0.15, 0.2) is 20.1 Å². The highest BCUT2D eigenvalue weighted by Gasteiger charge is 2.30.